The van der Waals surface area contributed by atoms with Gasteiger partial charge in [-0.2, -0.15) is 0 Å². The number of hydrogen-bond acceptors (Lipinski definition) is 5. The van der Waals surface area contributed by atoms with Crippen LogP contribution in [0.3, 0.4) is 0 Å². The van der Waals surface area contributed by atoms with Gasteiger partial charge in [-0.3, -0.25) is 0 Å². The summed E-state index contributed by atoms with van der Waals surface area (Å²) in [5, 5.41) is 14.9. The molecule has 2 N–H and O–H groups in total. The maximum Gasteiger partial charge on any atom is 0.129 e. The van der Waals surface area contributed by atoms with Crippen molar-refractivity contribution in [2.45, 2.75) is 19.3 Å². The number of furan rings is 1. The quantitative estimate of drug-likeness (QED) is 0.768. The largest absolute Gasteiger partial charge is 0.467 e. The van der Waals surface area contributed by atoms with Crippen molar-refractivity contribution in [3.05, 3.63) is 46.5 Å². The minimum absolute atomic E-state index is 0.304. The second-order valence-electron chi connectivity index (χ2n) is 3.96. The first-order valence-electron chi connectivity index (χ1n) is 5.86. The molecular weight excluding hydrogens is 250 g/mol. The summed E-state index contributed by atoms with van der Waals surface area (Å²) in [5.74, 6) is 0.772. The van der Waals surface area contributed by atoms with E-state index in [2.05, 4.69) is 11.4 Å². The number of thiophene rings is 1. The Morgan fingerprint density at radius 1 is 1.39 bits per heavy atom. The molecule has 18 heavy (non-hydrogen) atoms. The topological polar surface area (TPSA) is 54.6 Å². The predicted octanol–water partition coefficient (Wildman–Crippen LogP) is 2.01. The van der Waals surface area contributed by atoms with Crippen LogP contribution in [0.1, 0.15) is 10.6 Å². The van der Waals surface area contributed by atoms with Crippen LogP contribution in [0.5, 0.6) is 0 Å². The molecule has 98 valence electrons. The summed E-state index contributed by atoms with van der Waals surface area (Å²) in [6, 6.07) is 7.75. The molecule has 4 nitrogen and oxygen atoms in total. The van der Waals surface area contributed by atoms with E-state index in [1.807, 2.05) is 23.6 Å². The highest BCUT2D eigenvalue weighted by Gasteiger charge is 2.05. The molecule has 0 aliphatic rings. The van der Waals surface area contributed by atoms with Crippen LogP contribution < -0.4 is 5.32 Å². The highest BCUT2D eigenvalue weighted by Crippen LogP contribution is 2.07. The first-order valence-corrected chi connectivity index (χ1v) is 6.74. The Kier molecular flexibility index (Phi) is 5.41. The van der Waals surface area contributed by atoms with Crippen molar-refractivity contribution in [3.63, 3.8) is 0 Å². The standard InChI is InChI=1S/C13H17NO3S/c15-11(7-14-8-13-4-2-6-18-13)9-16-10-12-3-1-5-17-12/h1-6,11,14-15H,7-10H2. The van der Waals surface area contributed by atoms with Crippen molar-refractivity contribution >= 4 is 11.3 Å². The molecule has 0 saturated heterocycles. The zero-order valence-electron chi connectivity index (χ0n) is 10.0. The van der Waals surface area contributed by atoms with Crippen LogP contribution in [0.25, 0.3) is 0 Å². The lowest BCUT2D eigenvalue weighted by molar-refractivity contribution is 0.0226. The Morgan fingerprint density at radius 3 is 3.06 bits per heavy atom. The third-order valence-corrected chi connectivity index (χ3v) is 3.27. The van der Waals surface area contributed by atoms with E-state index in [4.69, 9.17) is 9.15 Å². The smallest absolute Gasteiger partial charge is 0.129 e. The van der Waals surface area contributed by atoms with Gasteiger partial charge in [0.05, 0.1) is 19.0 Å². The van der Waals surface area contributed by atoms with Crippen LogP contribution in [0.4, 0.5) is 0 Å². The fourth-order valence-electron chi connectivity index (χ4n) is 1.52. The maximum atomic E-state index is 9.69. The van der Waals surface area contributed by atoms with Crippen molar-refractivity contribution in [1.82, 2.24) is 5.32 Å². The number of aliphatic hydroxyl groups is 1. The minimum atomic E-state index is -0.500. The summed E-state index contributed by atoms with van der Waals surface area (Å²) in [7, 11) is 0. The van der Waals surface area contributed by atoms with Gasteiger partial charge in [-0.05, 0) is 23.6 Å². The van der Waals surface area contributed by atoms with Crippen molar-refractivity contribution in [1.29, 1.82) is 0 Å². The summed E-state index contributed by atoms with van der Waals surface area (Å²) in [6.45, 7) is 2.01. The molecule has 2 rings (SSSR count). The lowest BCUT2D eigenvalue weighted by Crippen LogP contribution is -2.29. The SMILES string of the molecule is OC(CNCc1cccs1)COCc1ccco1. The fourth-order valence-corrected chi connectivity index (χ4v) is 2.20. The van der Waals surface area contributed by atoms with E-state index >= 15 is 0 Å². The first kappa shape index (κ1) is 13.3. The molecule has 0 bridgehead atoms. The molecule has 0 saturated carbocycles. The predicted molar refractivity (Wildman–Crippen MR) is 70.4 cm³/mol. The molecule has 1 atom stereocenters. The van der Waals surface area contributed by atoms with E-state index in [1.54, 1.807) is 17.6 Å². The van der Waals surface area contributed by atoms with Crippen LogP contribution in [-0.2, 0) is 17.9 Å². The van der Waals surface area contributed by atoms with Gasteiger partial charge in [-0.15, -0.1) is 11.3 Å². The molecule has 1 unspecified atom stereocenters. The van der Waals surface area contributed by atoms with E-state index in [1.165, 1.54) is 4.88 Å². The van der Waals surface area contributed by atoms with Gasteiger partial charge in [-0.25, -0.2) is 0 Å². The number of ether oxygens (including phenoxy) is 1. The van der Waals surface area contributed by atoms with Gasteiger partial charge in [0, 0.05) is 18.0 Å². The van der Waals surface area contributed by atoms with E-state index in [0.717, 1.165) is 12.3 Å². The van der Waals surface area contributed by atoms with Crippen molar-refractivity contribution < 1.29 is 14.3 Å². The van der Waals surface area contributed by atoms with Crippen LogP contribution in [0, 0.1) is 0 Å². The summed E-state index contributed by atoms with van der Waals surface area (Å²) in [5.41, 5.74) is 0. The molecular formula is C13H17NO3S. The zero-order chi connectivity index (χ0) is 12.6. The number of hydrogen-bond donors (Lipinski definition) is 2. The fraction of sp³-hybridized carbons (Fsp3) is 0.385. The molecule has 0 amide bonds. The van der Waals surface area contributed by atoms with E-state index in [0.29, 0.717) is 19.8 Å². The van der Waals surface area contributed by atoms with E-state index in [9.17, 15) is 5.11 Å². The van der Waals surface area contributed by atoms with Crippen molar-refractivity contribution in [2.24, 2.45) is 0 Å². The Bertz CT molecular complexity index is 373. The van der Waals surface area contributed by atoms with Gasteiger partial charge in [0.1, 0.15) is 12.4 Å². The number of rotatable bonds is 8. The summed E-state index contributed by atoms with van der Waals surface area (Å²) in [6.07, 6.45) is 1.11. The molecule has 0 radical (unpaired) electrons. The Labute approximate surface area is 110 Å². The lowest BCUT2D eigenvalue weighted by Gasteiger charge is -2.11. The summed E-state index contributed by atoms with van der Waals surface area (Å²) >= 11 is 1.70. The van der Waals surface area contributed by atoms with Crippen molar-refractivity contribution in [2.75, 3.05) is 13.2 Å². The first-order chi connectivity index (χ1) is 8.84. The summed E-state index contributed by atoms with van der Waals surface area (Å²) in [4.78, 5) is 1.26. The average Bonchev–Trinajstić information content (AvgIpc) is 3.01. The van der Waals surface area contributed by atoms with Gasteiger partial charge in [-0.1, -0.05) is 6.07 Å². The third kappa shape index (κ3) is 4.62. The molecule has 0 aromatic carbocycles. The molecule has 5 heteroatoms. The van der Waals surface area contributed by atoms with Crippen LogP contribution >= 0.6 is 11.3 Å². The normalized spacial score (nSPS) is 12.7. The van der Waals surface area contributed by atoms with E-state index in [-0.39, 0.29) is 0 Å². The van der Waals surface area contributed by atoms with Crippen LogP contribution in [-0.4, -0.2) is 24.4 Å². The Balaban J connectivity index is 1.53. The number of aliphatic hydroxyl groups excluding tert-OH is 1. The lowest BCUT2D eigenvalue weighted by atomic mass is 10.3. The van der Waals surface area contributed by atoms with Gasteiger partial charge < -0.3 is 19.6 Å². The molecule has 2 heterocycles. The third-order valence-electron chi connectivity index (χ3n) is 2.39. The Morgan fingerprint density at radius 2 is 2.33 bits per heavy atom. The molecule has 0 spiro atoms. The molecule has 0 fully saturated rings. The number of nitrogens with one attached hydrogen (secondary N) is 1. The maximum absolute atomic E-state index is 9.69. The van der Waals surface area contributed by atoms with E-state index < -0.39 is 6.10 Å². The zero-order valence-corrected chi connectivity index (χ0v) is 10.9. The molecule has 2 aromatic heterocycles. The van der Waals surface area contributed by atoms with Gasteiger partial charge in [0.25, 0.3) is 0 Å². The van der Waals surface area contributed by atoms with Gasteiger partial charge >= 0.3 is 0 Å². The van der Waals surface area contributed by atoms with Gasteiger partial charge in [0.15, 0.2) is 0 Å². The Hall–Kier alpha value is -1.14. The monoisotopic (exact) mass is 267 g/mol. The molecule has 0 aliphatic heterocycles. The average molecular weight is 267 g/mol. The highest BCUT2D eigenvalue weighted by molar-refractivity contribution is 7.09. The van der Waals surface area contributed by atoms with Crippen LogP contribution in [0.15, 0.2) is 40.3 Å². The van der Waals surface area contributed by atoms with Gasteiger partial charge in [0.2, 0.25) is 0 Å². The second kappa shape index (κ2) is 7.33. The molecule has 2 aromatic rings. The van der Waals surface area contributed by atoms with Crippen molar-refractivity contribution in [3.8, 4) is 0 Å². The minimum Gasteiger partial charge on any atom is -0.467 e. The second-order valence-corrected chi connectivity index (χ2v) is 4.99. The molecule has 0 aliphatic carbocycles. The highest BCUT2D eigenvalue weighted by atomic mass is 32.1. The van der Waals surface area contributed by atoms with Crippen LogP contribution in [0.2, 0.25) is 0 Å². The summed E-state index contributed by atoms with van der Waals surface area (Å²) < 4.78 is 10.5.